The van der Waals surface area contributed by atoms with Gasteiger partial charge in [-0.05, 0) is 39.7 Å². The first-order valence-corrected chi connectivity index (χ1v) is 6.45. The number of likely N-dealkylation sites (N-methyl/N-ethyl adjacent to an activating group) is 1. The van der Waals surface area contributed by atoms with Crippen molar-refractivity contribution >= 4 is 0 Å². The molecule has 0 radical (unpaired) electrons. The van der Waals surface area contributed by atoms with Gasteiger partial charge in [0, 0.05) is 26.8 Å². The summed E-state index contributed by atoms with van der Waals surface area (Å²) >= 11 is 0. The summed E-state index contributed by atoms with van der Waals surface area (Å²) in [4.78, 5) is 2.17. The highest BCUT2D eigenvalue weighted by atomic mass is 16.5. The lowest BCUT2D eigenvalue weighted by Gasteiger charge is -2.34. The number of aliphatic hydroxyl groups excluding tert-OH is 1. The van der Waals surface area contributed by atoms with E-state index in [0.717, 1.165) is 26.2 Å². The molecule has 4 nitrogen and oxygen atoms in total. The summed E-state index contributed by atoms with van der Waals surface area (Å²) < 4.78 is 10.8. The molecule has 0 aromatic carbocycles. The summed E-state index contributed by atoms with van der Waals surface area (Å²) in [7, 11) is 3.68. The van der Waals surface area contributed by atoms with Crippen LogP contribution < -0.4 is 0 Å². The molecular weight excluding hydrogens is 218 g/mol. The number of ether oxygens (including phenoxy) is 2. The molecule has 1 rings (SSSR count). The van der Waals surface area contributed by atoms with Crippen molar-refractivity contribution in [3.05, 3.63) is 0 Å². The second-order valence-electron chi connectivity index (χ2n) is 5.63. The Labute approximate surface area is 105 Å². The van der Waals surface area contributed by atoms with E-state index in [9.17, 15) is 5.11 Å². The van der Waals surface area contributed by atoms with E-state index in [1.54, 1.807) is 7.11 Å². The molecule has 102 valence electrons. The van der Waals surface area contributed by atoms with Crippen molar-refractivity contribution in [2.75, 3.05) is 40.5 Å². The maximum absolute atomic E-state index is 10.1. The largest absolute Gasteiger partial charge is 0.389 e. The molecule has 2 unspecified atom stereocenters. The predicted molar refractivity (Wildman–Crippen MR) is 68.1 cm³/mol. The minimum atomic E-state index is -0.489. The van der Waals surface area contributed by atoms with Gasteiger partial charge in [-0.3, -0.25) is 0 Å². The number of hydrogen-bond donors (Lipinski definition) is 1. The molecule has 1 aliphatic rings. The molecule has 0 saturated carbocycles. The van der Waals surface area contributed by atoms with Gasteiger partial charge in [0.25, 0.3) is 0 Å². The fraction of sp³-hybridized carbons (Fsp3) is 1.00. The molecule has 1 fully saturated rings. The first kappa shape index (κ1) is 14.9. The van der Waals surface area contributed by atoms with Gasteiger partial charge < -0.3 is 19.5 Å². The number of aliphatic hydroxyl groups is 1. The van der Waals surface area contributed by atoms with Crippen LogP contribution in [0.3, 0.4) is 0 Å². The van der Waals surface area contributed by atoms with Gasteiger partial charge in [0.05, 0.1) is 18.3 Å². The van der Waals surface area contributed by atoms with Crippen molar-refractivity contribution in [2.45, 2.75) is 38.4 Å². The maximum atomic E-state index is 10.1. The Kier molecular flexibility index (Phi) is 5.86. The Bertz CT molecular complexity index is 215. The highest BCUT2D eigenvalue weighted by Gasteiger charge is 2.28. The van der Waals surface area contributed by atoms with Crippen molar-refractivity contribution in [1.29, 1.82) is 0 Å². The van der Waals surface area contributed by atoms with Crippen molar-refractivity contribution in [3.63, 3.8) is 0 Å². The van der Waals surface area contributed by atoms with Gasteiger partial charge in [0.15, 0.2) is 0 Å². The number of rotatable bonds is 6. The molecule has 0 amide bonds. The molecule has 0 aromatic rings. The third-order valence-corrected chi connectivity index (χ3v) is 3.64. The van der Waals surface area contributed by atoms with Gasteiger partial charge in [-0.25, -0.2) is 0 Å². The smallest absolute Gasteiger partial charge is 0.0950 e. The third-order valence-electron chi connectivity index (χ3n) is 3.64. The Morgan fingerprint density at radius 3 is 2.76 bits per heavy atom. The van der Waals surface area contributed by atoms with E-state index in [2.05, 4.69) is 4.90 Å². The van der Waals surface area contributed by atoms with Crippen LogP contribution in [0.1, 0.15) is 26.7 Å². The number of nitrogens with zero attached hydrogens (tertiary/aromatic N) is 1. The van der Waals surface area contributed by atoms with Crippen LogP contribution in [-0.2, 0) is 9.47 Å². The summed E-state index contributed by atoms with van der Waals surface area (Å²) in [5.41, 5.74) is -0.489. The highest BCUT2D eigenvalue weighted by molar-refractivity contribution is 4.81. The van der Waals surface area contributed by atoms with E-state index < -0.39 is 11.7 Å². The molecule has 17 heavy (non-hydrogen) atoms. The van der Waals surface area contributed by atoms with Gasteiger partial charge in [-0.2, -0.15) is 0 Å². The van der Waals surface area contributed by atoms with Crippen molar-refractivity contribution < 1.29 is 14.6 Å². The van der Waals surface area contributed by atoms with E-state index in [0.29, 0.717) is 12.5 Å². The monoisotopic (exact) mass is 245 g/mol. The van der Waals surface area contributed by atoms with E-state index in [4.69, 9.17) is 9.47 Å². The fourth-order valence-electron chi connectivity index (χ4n) is 2.12. The third kappa shape index (κ3) is 4.92. The molecule has 1 heterocycles. The quantitative estimate of drug-likeness (QED) is 0.762. The molecule has 1 N–H and O–H groups in total. The second-order valence-corrected chi connectivity index (χ2v) is 5.63. The van der Waals surface area contributed by atoms with E-state index in [1.165, 1.54) is 6.42 Å². The minimum Gasteiger partial charge on any atom is -0.389 e. The molecule has 0 spiro atoms. The van der Waals surface area contributed by atoms with Crippen LogP contribution in [0.5, 0.6) is 0 Å². The zero-order valence-corrected chi connectivity index (χ0v) is 11.6. The number of hydrogen-bond acceptors (Lipinski definition) is 4. The second kappa shape index (κ2) is 6.69. The van der Waals surface area contributed by atoms with E-state index in [1.807, 2.05) is 20.9 Å². The Hall–Kier alpha value is -0.160. The Morgan fingerprint density at radius 1 is 1.53 bits per heavy atom. The Morgan fingerprint density at radius 2 is 2.24 bits per heavy atom. The van der Waals surface area contributed by atoms with Gasteiger partial charge in [-0.15, -0.1) is 0 Å². The molecule has 0 aliphatic carbocycles. The SMILES string of the molecule is COC(C)(C)C(O)CN(C)CC1CCCOC1. The van der Waals surface area contributed by atoms with Crippen LogP contribution in [0.4, 0.5) is 0 Å². The van der Waals surface area contributed by atoms with Crippen LogP contribution in [-0.4, -0.2) is 62.2 Å². The summed E-state index contributed by atoms with van der Waals surface area (Å²) in [6.07, 6.45) is 1.92. The average Bonchev–Trinajstić information content (AvgIpc) is 2.30. The minimum absolute atomic E-state index is 0.470. The van der Waals surface area contributed by atoms with Crippen LogP contribution in [0.25, 0.3) is 0 Å². The fourth-order valence-corrected chi connectivity index (χ4v) is 2.12. The summed E-state index contributed by atoms with van der Waals surface area (Å²) in [5.74, 6) is 0.603. The van der Waals surface area contributed by atoms with Gasteiger partial charge >= 0.3 is 0 Å². The first-order chi connectivity index (χ1) is 7.95. The zero-order valence-electron chi connectivity index (χ0n) is 11.6. The normalized spacial score (nSPS) is 24.0. The summed E-state index contributed by atoms with van der Waals surface area (Å²) in [5, 5.41) is 10.1. The Balaban J connectivity index is 2.30. The first-order valence-electron chi connectivity index (χ1n) is 6.45. The van der Waals surface area contributed by atoms with Crippen LogP contribution >= 0.6 is 0 Å². The van der Waals surface area contributed by atoms with E-state index in [-0.39, 0.29) is 0 Å². The van der Waals surface area contributed by atoms with Crippen LogP contribution in [0.2, 0.25) is 0 Å². The lowest BCUT2D eigenvalue weighted by atomic mass is 9.99. The van der Waals surface area contributed by atoms with Crippen molar-refractivity contribution in [1.82, 2.24) is 4.90 Å². The summed E-state index contributed by atoms with van der Waals surface area (Å²) in [6.45, 7) is 7.20. The molecule has 0 bridgehead atoms. The van der Waals surface area contributed by atoms with Gasteiger partial charge in [-0.1, -0.05) is 0 Å². The zero-order chi connectivity index (χ0) is 12.9. The van der Waals surface area contributed by atoms with Crippen LogP contribution in [0, 0.1) is 5.92 Å². The predicted octanol–water partition coefficient (Wildman–Crippen LogP) is 1.13. The molecule has 1 saturated heterocycles. The molecule has 0 aromatic heterocycles. The summed E-state index contributed by atoms with van der Waals surface area (Å²) in [6, 6.07) is 0. The average molecular weight is 245 g/mol. The van der Waals surface area contributed by atoms with Crippen molar-refractivity contribution in [2.24, 2.45) is 5.92 Å². The molecule has 1 aliphatic heterocycles. The number of methoxy groups -OCH3 is 1. The maximum Gasteiger partial charge on any atom is 0.0950 e. The van der Waals surface area contributed by atoms with Gasteiger partial charge in [0.1, 0.15) is 0 Å². The lowest BCUT2D eigenvalue weighted by Crippen LogP contribution is -2.46. The highest BCUT2D eigenvalue weighted by Crippen LogP contribution is 2.17. The lowest BCUT2D eigenvalue weighted by molar-refractivity contribution is -0.0877. The molecular formula is C13H27NO3. The standard InChI is InChI=1S/C13H27NO3/c1-13(2,16-4)12(15)9-14(3)8-11-6-5-7-17-10-11/h11-12,15H,5-10H2,1-4H3. The van der Waals surface area contributed by atoms with Crippen LogP contribution in [0.15, 0.2) is 0 Å². The molecule has 2 atom stereocenters. The molecule has 4 heteroatoms. The topological polar surface area (TPSA) is 41.9 Å². The van der Waals surface area contributed by atoms with Crippen molar-refractivity contribution in [3.8, 4) is 0 Å². The van der Waals surface area contributed by atoms with E-state index >= 15 is 0 Å². The van der Waals surface area contributed by atoms with Gasteiger partial charge in [0.2, 0.25) is 0 Å².